The first kappa shape index (κ1) is 20.8. The van der Waals surface area contributed by atoms with Crippen LogP contribution in [0.3, 0.4) is 0 Å². The molecule has 2 heterocycles. The molecule has 1 N–H and O–H groups in total. The van der Waals surface area contributed by atoms with Crippen molar-refractivity contribution in [1.82, 2.24) is 9.62 Å². The summed E-state index contributed by atoms with van der Waals surface area (Å²) >= 11 is 1.24. The summed E-state index contributed by atoms with van der Waals surface area (Å²) in [4.78, 5) is 13.6. The molecule has 1 atom stereocenters. The Balaban J connectivity index is 1.65. The Morgan fingerprint density at radius 2 is 2.07 bits per heavy atom. The van der Waals surface area contributed by atoms with Crippen LogP contribution in [0.5, 0.6) is 5.75 Å². The number of ether oxygens (including phenoxy) is 1. The molecule has 8 heteroatoms. The molecule has 1 aliphatic heterocycles. The first-order valence-electron chi connectivity index (χ1n) is 9.32. The quantitative estimate of drug-likeness (QED) is 0.744. The van der Waals surface area contributed by atoms with E-state index in [0.29, 0.717) is 36.6 Å². The van der Waals surface area contributed by atoms with Crippen molar-refractivity contribution in [3.05, 3.63) is 46.3 Å². The first-order valence-corrected chi connectivity index (χ1v) is 11.6. The van der Waals surface area contributed by atoms with Gasteiger partial charge in [0, 0.05) is 18.0 Å². The second kappa shape index (κ2) is 8.63. The number of sulfonamides is 1. The average molecular weight is 423 g/mol. The lowest BCUT2D eigenvalue weighted by Crippen LogP contribution is -2.46. The van der Waals surface area contributed by atoms with E-state index in [1.807, 2.05) is 32.0 Å². The molecule has 1 amide bonds. The van der Waals surface area contributed by atoms with Gasteiger partial charge in [-0.1, -0.05) is 17.7 Å². The molecule has 1 aromatic carbocycles. The zero-order valence-electron chi connectivity index (χ0n) is 16.4. The predicted octanol–water partition coefficient (Wildman–Crippen LogP) is 2.89. The predicted molar refractivity (Wildman–Crippen MR) is 110 cm³/mol. The molecule has 0 aliphatic carbocycles. The van der Waals surface area contributed by atoms with Gasteiger partial charge in [0.1, 0.15) is 16.0 Å². The fourth-order valence-electron chi connectivity index (χ4n) is 3.50. The third-order valence-electron chi connectivity index (χ3n) is 4.91. The van der Waals surface area contributed by atoms with Crippen LogP contribution in [0, 0.1) is 13.8 Å². The first-order chi connectivity index (χ1) is 13.3. The molecule has 0 saturated carbocycles. The van der Waals surface area contributed by atoms with Crippen LogP contribution in [0.4, 0.5) is 0 Å². The Morgan fingerprint density at radius 1 is 1.29 bits per heavy atom. The highest BCUT2D eigenvalue weighted by Gasteiger charge is 2.39. The number of benzene rings is 1. The summed E-state index contributed by atoms with van der Waals surface area (Å²) in [6.07, 6.45) is 1.86. The van der Waals surface area contributed by atoms with Gasteiger partial charge in [0.15, 0.2) is 0 Å². The Hall–Kier alpha value is -1.90. The van der Waals surface area contributed by atoms with Gasteiger partial charge in [-0.15, -0.1) is 11.3 Å². The zero-order chi connectivity index (χ0) is 20.3. The lowest BCUT2D eigenvalue weighted by atomic mass is 10.1. The zero-order valence-corrected chi connectivity index (χ0v) is 18.0. The van der Waals surface area contributed by atoms with Crippen LogP contribution in [0.2, 0.25) is 0 Å². The minimum Gasteiger partial charge on any atom is -0.496 e. The number of carbonyl (C=O) groups is 1. The molecule has 1 aromatic heterocycles. The van der Waals surface area contributed by atoms with Gasteiger partial charge in [-0.05, 0) is 56.9 Å². The van der Waals surface area contributed by atoms with Crippen LogP contribution in [0.25, 0.3) is 0 Å². The standard InChI is InChI=1S/C20H26N2O4S2/c1-14-6-8-18(26-3)16(13-14)10-11-21-20(23)17-5-4-12-22(17)28(24,25)19-9-7-15(2)27-19/h6-9,13,17H,4-5,10-12H2,1-3H3,(H,21,23). The Bertz CT molecular complexity index is 953. The maximum atomic E-state index is 12.9. The average Bonchev–Trinajstić information content (AvgIpc) is 3.31. The van der Waals surface area contributed by atoms with E-state index in [9.17, 15) is 13.2 Å². The number of amides is 1. The summed E-state index contributed by atoms with van der Waals surface area (Å²) < 4.78 is 32.9. The maximum Gasteiger partial charge on any atom is 0.253 e. The van der Waals surface area contributed by atoms with Crippen LogP contribution in [0.1, 0.15) is 28.8 Å². The van der Waals surface area contributed by atoms with Crippen molar-refractivity contribution in [2.24, 2.45) is 0 Å². The Kier molecular flexibility index (Phi) is 6.42. The third kappa shape index (κ3) is 4.39. The maximum absolute atomic E-state index is 12.9. The monoisotopic (exact) mass is 422 g/mol. The molecule has 0 spiro atoms. The highest BCUT2D eigenvalue weighted by atomic mass is 32.2. The summed E-state index contributed by atoms with van der Waals surface area (Å²) in [5.41, 5.74) is 2.15. The van der Waals surface area contributed by atoms with Crippen molar-refractivity contribution in [2.45, 2.75) is 43.4 Å². The minimum atomic E-state index is -3.63. The van der Waals surface area contributed by atoms with E-state index in [-0.39, 0.29) is 5.91 Å². The molecule has 2 aromatic rings. The molecule has 6 nitrogen and oxygen atoms in total. The molecule has 1 fully saturated rings. The number of thiophene rings is 1. The summed E-state index contributed by atoms with van der Waals surface area (Å²) in [6.45, 7) is 4.69. The van der Waals surface area contributed by atoms with Crippen molar-refractivity contribution < 1.29 is 17.9 Å². The number of nitrogens with zero attached hydrogens (tertiary/aromatic N) is 1. The number of methoxy groups -OCH3 is 1. The van der Waals surface area contributed by atoms with Gasteiger partial charge in [-0.3, -0.25) is 4.79 Å². The number of nitrogens with one attached hydrogen (secondary N) is 1. The molecule has 152 valence electrons. The lowest BCUT2D eigenvalue weighted by Gasteiger charge is -2.22. The van der Waals surface area contributed by atoms with Crippen LogP contribution in [-0.4, -0.2) is 44.9 Å². The molecule has 1 unspecified atom stereocenters. The van der Waals surface area contributed by atoms with Gasteiger partial charge in [0.2, 0.25) is 5.91 Å². The van der Waals surface area contributed by atoms with Crippen molar-refractivity contribution in [3.63, 3.8) is 0 Å². The lowest BCUT2D eigenvalue weighted by molar-refractivity contribution is -0.124. The summed E-state index contributed by atoms with van der Waals surface area (Å²) in [5, 5.41) is 2.91. The second-order valence-corrected chi connectivity index (χ2v) is 10.4. The number of rotatable bonds is 7. The van der Waals surface area contributed by atoms with E-state index in [4.69, 9.17) is 4.74 Å². The molecule has 0 bridgehead atoms. The molecule has 0 radical (unpaired) electrons. The largest absolute Gasteiger partial charge is 0.496 e. The van der Waals surface area contributed by atoms with Crippen molar-refractivity contribution in [2.75, 3.05) is 20.2 Å². The van der Waals surface area contributed by atoms with Crippen LogP contribution in [0.15, 0.2) is 34.5 Å². The number of hydrogen-bond donors (Lipinski definition) is 1. The fraction of sp³-hybridized carbons (Fsp3) is 0.450. The highest BCUT2D eigenvalue weighted by Crippen LogP contribution is 2.30. The van der Waals surface area contributed by atoms with Gasteiger partial charge in [-0.25, -0.2) is 8.42 Å². The molecule has 28 heavy (non-hydrogen) atoms. The van der Waals surface area contributed by atoms with E-state index in [1.165, 1.54) is 15.6 Å². The Labute approximate surface area is 170 Å². The van der Waals surface area contributed by atoms with E-state index >= 15 is 0 Å². The Morgan fingerprint density at radius 3 is 2.75 bits per heavy atom. The summed E-state index contributed by atoms with van der Waals surface area (Å²) in [7, 11) is -2.01. The minimum absolute atomic E-state index is 0.235. The number of aryl methyl sites for hydroxylation is 2. The molecule has 1 saturated heterocycles. The van der Waals surface area contributed by atoms with E-state index in [1.54, 1.807) is 19.2 Å². The summed E-state index contributed by atoms with van der Waals surface area (Å²) in [5.74, 6) is 0.555. The van der Waals surface area contributed by atoms with Gasteiger partial charge < -0.3 is 10.1 Å². The third-order valence-corrected chi connectivity index (χ3v) is 8.29. The van der Waals surface area contributed by atoms with Gasteiger partial charge in [-0.2, -0.15) is 4.31 Å². The molecular formula is C20H26N2O4S2. The second-order valence-electron chi connectivity index (χ2n) is 7.00. The number of hydrogen-bond acceptors (Lipinski definition) is 5. The highest BCUT2D eigenvalue weighted by molar-refractivity contribution is 7.91. The van der Waals surface area contributed by atoms with Crippen LogP contribution in [-0.2, 0) is 21.2 Å². The SMILES string of the molecule is COc1ccc(C)cc1CCNC(=O)C1CCCN1S(=O)(=O)c1ccc(C)s1. The van der Waals surface area contributed by atoms with Gasteiger partial charge in [0.05, 0.1) is 7.11 Å². The number of carbonyl (C=O) groups excluding carboxylic acids is 1. The van der Waals surface area contributed by atoms with E-state index < -0.39 is 16.1 Å². The topological polar surface area (TPSA) is 75.7 Å². The van der Waals surface area contributed by atoms with Crippen LogP contribution < -0.4 is 10.1 Å². The normalized spacial score (nSPS) is 17.6. The van der Waals surface area contributed by atoms with Crippen molar-refractivity contribution in [3.8, 4) is 5.75 Å². The molecule has 3 rings (SSSR count). The van der Waals surface area contributed by atoms with Crippen molar-refractivity contribution >= 4 is 27.3 Å². The smallest absolute Gasteiger partial charge is 0.253 e. The van der Waals surface area contributed by atoms with E-state index in [0.717, 1.165) is 21.8 Å². The fourth-order valence-corrected chi connectivity index (χ4v) is 6.57. The molecular weight excluding hydrogens is 396 g/mol. The van der Waals surface area contributed by atoms with Gasteiger partial charge >= 0.3 is 0 Å². The van der Waals surface area contributed by atoms with E-state index in [2.05, 4.69) is 5.32 Å². The summed E-state index contributed by atoms with van der Waals surface area (Å²) in [6, 6.07) is 8.70. The molecule has 1 aliphatic rings. The van der Waals surface area contributed by atoms with Crippen LogP contribution >= 0.6 is 11.3 Å². The van der Waals surface area contributed by atoms with Crippen molar-refractivity contribution in [1.29, 1.82) is 0 Å². The van der Waals surface area contributed by atoms with Gasteiger partial charge in [0.25, 0.3) is 10.0 Å².